The van der Waals surface area contributed by atoms with Crippen molar-refractivity contribution in [2.75, 3.05) is 6.54 Å². The second-order valence-corrected chi connectivity index (χ2v) is 3.69. The molecule has 0 aromatic heterocycles. The highest BCUT2D eigenvalue weighted by atomic mass is 16.3. The van der Waals surface area contributed by atoms with Crippen LogP contribution in [0.15, 0.2) is 37.5 Å². The molecule has 2 atom stereocenters. The summed E-state index contributed by atoms with van der Waals surface area (Å²) in [6.45, 7) is 7.72. The summed E-state index contributed by atoms with van der Waals surface area (Å²) in [5, 5.41) is 12.7. The maximum Gasteiger partial charge on any atom is 0.233 e. The maximum atomic E-state index is 11.8. The maximum absolute atomic E-state index is 11.8. The molecule has 3 nitrogen and oxygen atoms in total. The van der Waals surface area contributed by atoms with Crippen LogP contribution in [-0.4, -0.2) is 23.7 Å². The molecule has 0 spiro atoms. The van der Waals surface area contributed by atoms with Crippen LogP contribution in [0.3, 0.4) is 0 Å². The zero-order chi connectivity index (χ0) is 11.3. The molecule has 0 aromatic carbocycles. The summed E-state index contributed by atoms with van der Waals surface area (Å²) in [5.74, 6) is -0.140. The van der Waals surface area contributed by atoms with Crippen LogP contribution in [-0.2, 0) is 4.79 Å². The average Bonchev–Trinajstić information content (AvgIpc) is 2.22. The van der Waals surface area contributed by atoms with E-state index < -0.39 is 11.5 Å². The Morgan fingerprint density at radius 2 is 2.33 bits per heavy atom. The number of carbonyl (C=O) groups excluding carboxylic acids is 1. The number of hydrogen-bond donors (Lipinski definition) is 2. The Hall–Kier alpha value is -1.35. The lowest BCUT2D eigenvalue weighted by atomic mass is 9.75. The Bertz CT molecular complexity index is 296. The number of nitrogens with one attached hydrogen (secondary N) is 1. The van der Waals surface area contributed by atoms with Crippen molar-refractivity contribution >= 4 is 5.91 Å². The van der Waals surface area contributed by atoms with Gasteiger partial charge in [0.15, 0.2) is 0 Å². The van der Waals surface area contributed by atoms with E-state index in [9.17, 15) is 9.90 Å². The molecule has 1 amide bonds. The first-order valence-corrected chi connectivity index (χ1v) is 5.03. The highest BCUT2D eigenvalue weighted by molar-refractivity contribution is 5.86. The molecule has 82 valence electrons. The molecule has 0 fully saturated rings. The van der Waals surface area contributed by atoms with E-state index in [-0.39, 0.29) is 5.91 Å². The molecule has 1 aliphatic heterocycles. The predicted octanol–water partition coefficient (Wildman–Crippen LogP) is 1.17. The first kappa shape index (κ1) is 11.7. The van der Waals surface area contributed by atoms with Gasteiger partial charge in [0.1, 0.15) is 0 Å². The molecule has 0 aliphatic carbocycles. The van der Waals surface area contributed by atoms with Crippen molar-refractivity contribution in [3.63, 3.8) is 0 Å². The molecular formula is C12H17NO2. The lowest BCUT2D eigenvalue weighted by molar-refractivity contribution is -0.134. The van der Waals surface area contributed by atoms with Crippen molar-refractivity contribution in [3.8, 4) is 0 Å². The monoisotopic (exact) mass is 207 g/mol. The predicted molar refractivity (Wildman–Crippen MR) is 60.2 cm³/mol. The van der Waals surface area contributed by atoms with E-state index in [0.717, 1.165) is 0 Å². The van der Waals surface area contributed by atoms with Gasteiger partial charge in [-0.2, -0.15) is 0 Å². The topological polar surface area (TPSA) is 49.3 Å². The van der Waals surface area contributed by atoms with E-state index in [0.29, 0.717) is 19.4 Å². The average molecular weight is 207 g/mol. The highest BCUT2D eigenvalue weighted by Crippen LogP contribution is 2.33. The van der Waals surface area contributed by atoms with Gasteiger partial charge < -0.3 is 10.4 Å². The molecule has 1 aliphatic rings. The van der Waals surface area contributed by atoms with Crippen LogP contribution in [0.4, 0.5) is 0 Å². The van der Waals surface area contributed by atoms with Gasteiger partial charge in [0.05, 0.1) is 11.5 Å². The van der Waals surface area contributed by atoms with Crippen LogP contribution >= 0.6 is 0 Å². The lowest BCUT2D eigenvalue weighted by Crippen LogP contribution is -2.49. The summed E-state index contributed by atoms with van der Waals surface area (Å²) in [5.41, 5.74) is -0.867. The van der Waals surface area contributed by atoms with Gasteiger partial charge in [0.2, 0.25) is 5.91 Å². The van der Waals surface area contributed by atoms with Crippen LogP contribution < -0.4 is 5.32 Å². The van der Waals surface area contributed by atoms with Gasteiger partial charge in [-0.15, -0.1) is 13.2 Å². The first-order valence-electron chi connectivity index (χ1n) is 5.03. The Morgan fingerprint density at radius 1 is 1.60 bits per heavy atom. The summed E-state index contributed by atoms with van der Waals surface area (Å²) in [7, 11) is 0. The SMILES string of the molecule is C=CC[C@H](O)[C@@]1(CC=C)C=CCNC1=O. The molecule has 1 rings (SSSR count). The molecule has 3 heteroatoms. The summed E-state index contributed by atoms with van der Waals surface area (Å²) in [6.07, 6.45) is 6.99. The van der Waals surface area contributed by atoms with Crippen molar-refractivity contribution in [1.29, 1.82) is 0 Å². The largest absolute Gasteiger partial charge is 0.391 e. The zero-order valence-electron chi connectivity index (χ0n) is 8.78. The molecule has 0 bridgehead atoms. The fraction of sp³-hybridized carbons (Fsp3) is 0.417. The highest BCUT2D eigenvalue weighted by Gasteiger charge is 2.42. The second kappa shape index (κ2) is 4.94. The Morgan fingerprint density at radius 3 is 2.87 bits per heavy atom. The van der Waals surface area contributed by atoms with Gasteiger partial charge in [0.25, 0.3) is 0 Å². The molecule has 0 saturated heterocycles. The van der Waals surface area contributed by atoms with Crippen LogP contribution in [0.1, 0.15) is 12.8 Å². The van der Waals surface area contributed by atoms with Crippen molar-refractivity contribution in [3.05, 3.63) is 37.5 Å². The summed E-state index contributed by atoms with van der Waals surface area (Å²) >= 11 is 0. The molecule has 0 radical (unpaired) electrons. The Balaban J connectivity index is 2.99. The standard InChI is InChI=1S/C12H17NO2/c1-3-6-10(14)12(7-4-2)8-5-9-13-11(12)15/h3-5,8,10,14H,1-2,6-7,9H2,(H,13,15)/t10-,12+/m0/s1. The third kappa shape index (κ3) is 2.18. The van der Waals surface area contributed by atoms with Crippen LogP contribution in [0.25, 0.3) is 0 Å². The van der Waals surface area contributed by atoms with Gasteiger partial charge in [-0.3, -0.25) is 4.79 Å². The van der Waals surface area contributed by atoms with Gasteiger partial charge in [-0.05, 0) is 12.8 Å². The fourth-order valence-electron chi connectivity index (χ4n) is 1.83. The van der Waals surface area contributed by atoms with E-state index in [2.05, 4.69) is 18.5 Å². The molecule has 2 N–H and O–H groups in total. The van der Waals surface area contributed by atoms with E-state index in [1.165, 1.54) is 0 Å². The van der Waals surface area contributed by atoms with Crippen molar-refractivity contribution in [2.45, 2.75) is 18.9 Å². The zero-order valence-corrected chi connectivity index (χ0v) is 8.78. The van der Waals surface area contributed by atoms with Gasteiger partial charge in [0, 0.05) is 6.54 Å². The minimum absolute atomic E-state index is 0.140. The summed E-state index contributed by atoms with van der Waals surface area (Å²) in [6, 6.07) is 0. The van der Waals surface area contributed by atoms with Crippen molar-refractivity contribution in [2.24, 2.45) is 5.41 Å². The fourth-order valence-corrected chi connectivity index (χ4v) is 1.83. The van der Waals surface area contributed by atoms with Crippen LogP contribution in [0.2, 0.25) is 0 Å². The second-order valence-electron chi connectivity index (χ2n) is 3.69. The van der Waals surface area contributed by atoms with Crippen LogP contribution in [0.5, 0.6) is 0 Å². The molecule has 0 aromatic rings. The molecule has 0 saturated carbocycles. The Labute approximate surface area is 90.2 Å². The number of aliphatic hydroxyl groups excluding tert-OH is 1. The van der Waals surface area contributed by atoms with E-state index in [1.54, 1.807) is 18.2 Å². The van der Waals surface area contributed by atoms with Crippen molar-refractivity contribution < 1.29 is 9.90 Å². The van der Waals surface area contributed by atoms with Gasteiger partial charge >= 0.3 is 0 Å². The van der Waals surface area contributed by atoms with Gasteiger partial charge in [-0.25, -0.2) is 0 Å². The number of rotatable bonds is 5. The number of hydrogen-bond acceptors (Lipinski definition) is 2. The molecule has 15 heavy (non-hydrogen) atoms. The normalized spacial score (nSPS) is 26.9. The number of amides is 1. The first-order chi connectivity index (χ1) is 7.17. The minimum Gasteiger partial charge on any atom is -0.391 e. The summed E-state index contributed by atoms with van der Waals surface area (Å²) in [4.78, 5) is 11.8. The number of aliphatic hydroxyl groups is 1. The molecular weight excluding hydrogens is 190 g/mol. The quantitative estimate of drug-likeness (QED) is 0.665. The minimum atomic E-state index is -0.867. The van der Waals surface area contributed by atoms with Gasteiger partial charge in [-0.1, -0.05) is 24.3 Å². The molecule has 0 unspecified atom stereocenters. The van der Waals surface area contributed by atoms with Crippen LogP contribution in [0, 0.1) is 5.41 Å². The third-order valence-corrected chi connectivity index (χ3v) is 2.69. The van der Waals surface area contributed by atoms with E-state index in [1.807, 2.05) is 6.08 Å². The number of allylic oxidation sites excluding steroid dienone is 1. The lowest BCUT2D eigenvalue weighted by Gasteiger charge is -2.35. The van der Waals surface area contributed by atoms with E-state index in [4.69, 9.17) is 0 Å². The Kier molecular flexibility index (Phi) is 3.86. The number of carbonyl (C=O) groups is 1. The third-order valence-electron chi connectivity index (χ3n) is 2.69. The van der Waals surface area contributed by atoms with E-state index >= 15 is 0 Å². The smallest absolute Gasteiger partial charge is 0.233 e. The molecule has 1 heterocycles. The van der Waals surface area contributed by atoms with Crippen molar-refractivity contribution in [1.82, 2.24) is 5.32 Å². The summed E-state index contributed by atoms with van der Waals surface area (Å²) < 4.78 is 0.